The van der Waals surface area contributed by atoms with Gasteiger partial charge in [0.25, 0.3) is 5.56 Å². The summed E-state index contributed by atoms with van der Waals surface area (Å²) in [7, 11) is 0. The summed E-state index contributed by atoms with van der Waals surface area (Å²) in [5.74, 6) is 0.266. The van der Waals surface area contributed by atoms with Crippen LogP contribution in [0.1, 0.15) is 12.5 Å². The highest BCUT2D eigenvalue weighted by atomic mass is 16.2. The van der Waals surface area contributed by atoms with E-state index >= 15 is 0 Å². The number of H-pyrrole nitrogens is 2. The largest absolute Gasteiger partial charge is 0.327 e. The fraction of sp³-hybridized carbons (Fsp3) is 0.222. The second-order valence-corrected chi connectivity index (χ2v) is 2.99. The van der Waals surface area contributed by atoms with Gasteiger partial charge in [-0.05, 0) is 19.4 Å². The second-order valence-electron chi connectivity index (χ2n) is 2.99. The Bertz CT molecular complexity index is 494. The number of rotatable bonds is 2. The van der Waals surface area contributed by atoms with Gasteiger partial charge in [-0.3, -0.25) is 14.8 Å². The summed E-state index contributed by atoms with van der Waals surface area (Å²) in [6.07, 6.45) is 1.48. The third-order valence-corrected chi connectivity index (χ3v) is 1.57. The summed E-state index contributed by atoms with van der Waals surface area (Å²) in [4.78, 5) is 30.5. The zero-order valence-corrected chi connectivity index (χ0v) is 8.05. The number of aromatic nitrogens is 2. The number of aliphatic imine (C=N–C) groups is 1. The van der Waals surface area contributed by atoms with Gasteiger partial charge < -0.3 is 0 Å². The Kier molecular flexibility index (Phi) is 2.81. The highest BCUT2D eigenvalue weighted by molar-refractivity contribution is 5.79. The summed E-state index contributed by atoms with van der Waals surface area (Å²) in [6, 6.07) is 0. The van der Waals surface area contributed by atoms with Crippen LogP contribution >= 0.6 is 0 Å². The van der Waals surface area contributed by atoms with E-state index in [1.54, 1.807) is 13.8 Å². The van der Waals surface area contributed by atoms with Crippen LogP contribution in [0.25, 0.3) is 0 Å². The van der Waals surface area contributed by atoms with E-state index in [-0.39, 0.29) is 5.82 Å². The van der Waals surface area contributed by atoms with Gasteiger partial charge in [-0.1, -0.05) is 6.58 Å². The quantitative estimate of drug-likeness (QED) is 0.676. The van der Waals surface area contributed by atoms with Crippen LogP contribution in [0.4, 0.5) is 5.82 Å². The molecule has 0 spiro atoms. The molecule has 74 valence electrons. The minimum absolute atomic E-state index is 0.266. The minimum Gasteiger partial charge on any atom is -0.292 e. The van der Waals surface area contributed by atoms with E-state index in [0.717, 1.165) is 5.57 Å². The Hall–Kier alpha value is -1.91. The van der Waals surface area contributed by atoms with Crippen molar-refractivity contribution >= 4 is 12.0 Å². The number of hydrogen-bond donors (Lipinski definition) is 2. The second kappa shape index (κ2) is 3.87. The van der Waals surface area contributed by atoms with Gasteiger partial charge in [0, 0.05) is 6.21 Å². The Morgan fingerprint density at radius 3 is 2.64 bits per heavy atom. The van der Waals surface area contributed by atoms with Crippen LogP contribution in [0.15, 0.2) is 26.7 Å². The van der Waals surface area contributed by atoms with E-state index in [1.165, 1.54) is 6.21 Å². The van der Waals surface area contributed by atoms with Gasteiger partial charge in [-0.25, -0.2) is 9.79 Å². The number of hydrogen-bond acceptors (Lipinski definition) is 3. The van der Waals surface area contributed by atoms with Crippen molar-refractivity contribution in [1.29, 1.82) is 0 Å². The molecule has 0 amide bonds. The highest BCUT2D eigenvalue weighted by Gasteiger charge is 2.01. The number of allylic oxidation sites excluding steroid dienone is 1. The standard InChI is InChI=1S/C9H11N3O2/c1-5(2)4-10-7-6(3)8(13)12-9(14)11-7/h4H,1H2,2-3H3,(H2,11,12,13,14). The van der Waals surface area contributed by atoms with Crippen molar-refractivity contribution in [3.8, 4) is 0 Å². The van der Waals surface area contributed by atoms with Crippen molar-refractivity contribution in [2.75, 3.05) is 0 Å². The third-order valence-electron chi connectivity index (χ3n) is 1.57. The molecular formula is C9H11N3O2. The van der Waals surface area contributed by atoms with Crippen molar-refractivity contribution in [2.45, 2.75) is 13.8 Å². The molecule has 0 aliphatic rings. The van der Waals surface area contributed by atoms with Gasteiger partial charge in [0.1, 0.15) is 5.82 Å². The molecule has 1 rings (SSSR count). The molecule has 1 aromatic rings. The van der Waals surface area contributed by atoms with Crippen LogP contribution in [0.2, 0.25) is 0 Å². The van der Waals surface area contributed by atoms with Gasteiger partial charge >= 0.3 is 5.69 Å². The first kappa shape index (κ1) is 10.2. The van der Waals surface area contributed by atoms with Crippen molar-refractivity contribution in [2.24, 2.45) is 4.99 Å². The molecule has 2 N–H and O–H groups in total. The first-order valence-electron chi connectivity index (χ1n) is 4.03. The normalized spacial score (nSPS) is 10.7. The SMILES string of the molecule is C=C(C)C=Nc1[nH]c(=O)[nH]c(=O)c1C. The van der Waals surface area contributed by atoms with Crippen molar-refractivity contribution in [3.05, 3.63) is 38.6 Å². The molecule has 0 radical (unpaired) electrons. The van der Waals surface area contributed by atoms with Crippen LogP contribution < -0.4 is 11.2 Å². The predicted octanol–water partition coefficient (Wildman–Crippen LogP) is 0.650. The monoisotopic (exact) mass is 193 g/mol. The summed E-state index contributed by atoms with van der Waals surface area (Å²) >= 11 is 0. The molecule has 1 aromatic heterocycles. The maximum absolute atomic E-state index is 11.1. The molecule has 0 fully saturated rings. The predicted molar refractivity (Wildman–Crippen MR) is 55.4 cm³/mol. The summed E-state index contributed by atoms with van der Waals surface area (Å²) in [5, 5.41) is 0. The average Bonchev–Trinajstić information content (AvgIpc) is 2.08. The average molecular weight is 193 g/mol. The molecule has 0 aromatic carbocycles. The van der Waals surface area contributed by atoms with E-state index < -0.39 is 11.2 Å². The molecule has 14 heavy (non-hydrogen) atoms. The van der Waals surface area contributed by atoms with Crippen LogP contribution in [0, 0.1) is 6.92 Å². The topological polar surface area (TPSA) is 78.1 Å². The van der Waals surface area contributed by atoms with Crippen LogP contribution in [-0.2, 0) is 0 Å². The van der Waals surface area contributed by atoms with E-state index in [0.29, 0.717) is 5.56 Å². The molecule has 5 heteroatoms. The lowest BCUT2D eigenvalue weighted by Crippen LogP contribution is -2.23. The van der Waals surface area contributed by atoms with Gasteiger partial charge in [0.2, 0.25) is 0 Å². The van der Waals surface area contributed by atoms with E-state index in [9.17, 15) is 9.59 Å². The van der Waals surface area contributed by atoms with Crippen LogP contribution in [-0.4, -0.2) is 16.2 Å². The fourth-order valence-corrected chi connectivity index (χ4v) is 0.841. The Morgan fingerprint density at radius 1 is 1.43 bits per heavy atom. The highest BCUT2D eigenvalue weighted by Crippen LogP contribution is 2.06. The van der Waals surface area contributed by atoms with Gasteiger partial charge in [0.05, 0.1) is 5.56 Å². The zero-order chi connectivity index (χ0) is 10.7. The van der Waals surface area contributed by atoms with E-state index in [1.807, 2.05) is 0 Å². The Labute approximate surface area is 80.2 Å². The lowest BCUT2D eigenvalue weighted by Gasteiger charge is -1.96. The number of nitrogens with zero attached hydrogens (tertiary/aromatic N) is 1. The maximum Gasteiger partial charge on any atom is 0.327 e. The molecule has 0 saturated carbocycles. The molecule has 0 bridgehead atoms. The maximum atomic E-state index is 11.1. The summed E-state index contributed by atoms with van der Waals surface area (Å²) < 4.78 is 0. The lowest BCUT2D eigenvalue weighted by atomic mass is 10.3. The Morgan fingerprint density at radius 2 is 2.07 bits per heavy atom. The molecule has 0 saturated heterocycles. The van der Waals surface area contributed by atoms with E-state index in [4.69, 9.17) is 0 Å². The third kappa shape index (κ3) is 2.29. The zero-order valence-electron chi connectivity index (χ0n) is 8.05. The fourth-order valence-electron chi connectivity index (χ4n) is 0.841. The molecule has 0 aliphatic heterocycles. The lowest BCUT2D eigenvalue weighted by molar-refractivity contribution is 1.00. The van der Waals surface area contributed by atoms with Crippen molar-refractivity contribution in [3.63, 3.8) is 0 Å². The molecule has 5 nitrogen and oxygen atoms in total. The molecular weight excluding hydrogens is 182 g/mol. The van der Waals surface area contributed by atoms with Crippen molar-refractivity contribution < 1.29 is 0 Å². The molecule has 0 atom stereocenters. The van der Waals surface area contributed by atoms with Crippen LogP contribution in [0.3, 0.4) is 0 Å². The first-order valence-corrected chi connectivity index (χ1v) is 4.03. The minimum atomic E-state index is -0.561. The molecule has 1 heterocycles. The molecule has 0 aliphatic carbocycles. The number of aromatic amines is 2. The molecule has 0 unspecified atom stereocenters. The van der Waals surface area contributed by atoms with E-state index in [2.05, 4.69) is 21.5 Å². The first-order chi connectivity index (χ1) is 6.50. The van der Waals surface area contributed by atoms with Gasteiger partial charge in [-0.15, -0.1) is 0 Å². The van der Waals surface area contributed by atoms with Gasteiger partial charge in [0.15, 0.2) is 0 Å². The summed E-state index contributed by atoms with van der Waals surface area (Å²) in [6.45, 7) is 6.97. The van der Waals surface area contributed by atoms with Crippen LogP contribution in [0.5, 0.6) is 0 Å². The number of nitrogens with one attached hydrogen (secondary N) is 2. The van der Waals surface area contributed by atoms with Crippen molar-refractivity contribution in [1.82, 2.24) is 9.97 Å². The van der Waals surface area contributed by atoms with Gasteiger partial charge in [-0.2, -0.15) is 0 Å². The summed E-state index contributed by atoms with van der Waals surface area (Å²) in [5.41, 5.74) is 0.129. The smallest absolute Gasteiger partial charge is 0.292 e. The Balaban J connectivity index is 3.28.